The fraction of sp³-hybridized carbons (Fsp3) is 0.300. The lowest BCUT2D eigenvalue weighted by atomic mass is 9.96. The van der Waals surface area contributed by atoms with Crippen LogP contribution in [0.2, 0.25) is 0 Å². The number of fused-ring (bicyclic) bond motifs is 1. The number of rotatable bonds is 11. The number of ether oxygens (including phenoxy) is 2. The third kappa shape index (κ3) is 6.81. The third-order valence-corrected chi connectivity index (χ3v) is 5.72. The van der Waals surface area contributed by atoms with Gasteiger partial charge in [0.2, 0.25) is 0 Å². The van der Waals surface area contributed by atoms with Gasteiger partial charge in [-0.15, -0.1) is 0 Å². The molecule has 0 radical (unpaired) electrons. The summed E-state index contributed by atoms with van der Waals surface area (Å²) in [5.41, 5.74) is 4.27. The van der Waals surface area contributed by atoms with Crippen molar-refractivity contribution in [2.24, 2.45) is 0 Å². The van der Waals surface area contributed by atoms with E-state index in [0.717, 1.165) is 43.1 Å². The molecule has 0 amide bonds. The predicted molar refractivity (Wildman–Crippen MR) is 141 cm³/mol. The maximum absolute atomic E-state index is 12.8. The van der Waals surface area contributed by atoms with Gasteiger partial charge in [0.25, 0.3) is 0 Å². The van der Waals surface area contributed by atoms with Crippen LogP contribution in [0.1, 0.15) is 51.2 Å². The fourth-order valence-corrected chi connectivity index (χ4v) is 3.79. The molecule has 0 bridgehead atoms. The van der Waals surface area contributed by atoms with Crippen molar-refractivity contribution < 1.29 is 23.5 Å². The Balaban J connectivity index is 1.80. The summed E-state index contributed by atoms with van der Waals surface area (Å²) in [6, 6.07) is 12.6. The molecule has 6 nitrogen and oxygen atoms in total. The van der Waals surface area contributed by atoms with E-state index in [2.05, 4.69) is 26.1 Å². The number of hydrogen-bond donors (Lipinski definition) is 0. The topological polar surface area (TPSA) is 82.8 Å². The number of unbranched alkanes of at least 4 members (excludes halogenated alkanes) is 1. The molecule has 36 heavy (non-hydrogen) atoms. The molecule has 0 aliphatic rings. The van der Waals surface area contributed by atoms with Crippen molar-refractivity contribution in [2.75, 3.05) is 6.61 Å². The summed E-state index contributed by atoms with van der Waals surface area (Å²) in [5, 5.41) is 0.852. The third-order valence-electron chi connectivity index (χ3n) is 5.72. The number of aryl methyl sites for hydroxylation is 2. The van der Waals surface area contributed by atoms with Crippen LogP contribution in [0.3, 0.4) is 0 Å². The summed E-state index contributed by atoms with van der Waals surface area (Å²) in [7, 11) is 0. The van der Waals surface area contributed by atoms with E-state index in [0.29, 0.717) is 40.2 Å². The van der Waals surface area contributed by atoms with Gasteiger partial charge in [-0.1, -0.05) is 38.6 Å². The number of carbonyl (C=O) groups excluding carboxylic acids is 2. The highest BCUT2D eigenvalue weighted by Crippen LogP contribution is 2.27. The average molecular weight is 489 g/mol. The number of hydrogen-bond acceptors (Lipinski definition) is 6. The first kappa shape index (κ1) is 26.7. The monoisotopic (exact) mass is 488 g/mol. The minimum Gasteiger partial charge on any atom is -0.462 e. The highest BCUT2D eigenvalue weighted by Gasteiger charge is 2.13. The molecule has 6 heteroatoms. The summed E-state index contributed by atoms with van der Waals surface area (Å²) in [6.45, 7) is 12.8. The number of benzene rings is 2. The van der Waals surface area contributed by atoms with E-state index in [1.807, 2.05) is 12.1 Å². The molecule has 1 heterocycles. The normalized spacial score (nSPS) is 10.8. The SMILES string of the molecule is C=C(C)C(=O)OCCCCc1cc2oc(=O)c(-c3ccc(OC(=O)C(=C)C)cc3)cc2cc1CCC. The van der Waals surface area contributed by atoms with Crippen LogP contribution in [0.25, 0.3) is 22.1 Å². The lowest BCUT2D eigenvalue weighted by Gasteiger charge is -2.12. The van der Waals surface area contributed by atoms with E-state index >= 15 is 0 Å². The smallest absolute Gasteiger partial charge is 0.344 e. The summed E-state index contributed by atoms with van der Waals surface area (Å²) in [4.78, 5) is 36.0. The number of carbonyl (C=O) groups is 2. The second-order valence-electron chi connectivity index (χ2n) is 8.92. The highest BCUT2D eigenvalue weighted by molar-refractivity contribution is 5.89. The summed E-state index contributed by atoms with van der Waals surface area (Å²) < 4.78 is 16.1. The molecule has 0 N–H and O–H groups in total. The van der Waals surface area contributed by atoms with E-state index in [9.17, 15) is 14.4 Å². The Hall–Kier alpha value is -3.93. The standard InChI is InChI=1S/C30H32O6/c1-6-9-22-16-24-17-26(21-11-13-25(14-12-21)35-29(32)20(4)5)30(33)36-27(24)18-23(22)10-7-8-15-34-28(31)19(2)3/h11-14,16-18H,2,4,6-10,15H2,1,3,5H3. The van der Waals surface area contributed by atoms with Crippen LogP contribution in [-0.2, 0) is 27.2 Å². The van der Waals surface area contributed by atoms with Crippen LogP contribution < -0.4 is 10.4 Å². The Morgan fingerprint density at radius 2 is 1.56 bits per heavy atom. The zero-order chi connectivity index (χ0) is 26.2. The first-order chi connectivity index (χ1) is 17.2. The lowest BCUT2D eigenvalue weighted by Crippen LogP contribution is -2.08. The molecule has 0 aliphatic heterocycles. The van der Waals surface area contributed by atoms with Crippen LogP contribution in [0.5, 0.6) is 5.75 Å². The summed E-state index contributed by atoms with van der Waals surface area (Å²) in [6.07, 6.45) is 4.28. The van der Waals surface area contributed by atoms with Crippen molar-refractivity contribution in [3.63, 3.8) is 0 Å². The molecule has 3 rings (SSSR count). The Labute approximate surface area is 211 Å². The molecule has 2 aromatic carbocycles. The highest BCUT2D eigenvalue weighted by atomic mass is 16.5. The quantitative estimate of drug-likeness (QED) is 0.103. The van der Waals surface area contributed by atoms with Crippen LogP contribution in [0.4, 0.5) is 0 Å². The van der Waals surface area contributed by atoms with Crippen LogP contribution in [-0.4, -0.2) is 18.5 Å². The Morgan fingerprint density at radius 3 is 2.19 bits per heavy atom. The van der Waals surface area contributed by atoms with E-state index in [-0.39, 0.29) is 5.97 Å². The molecule has 1 aromatic heterocycles. The minimum absolute atomic E-state index is 0.308. The zero-order valence-electron chi connectivity index (χ0n) is 21.1. The minimum atomic E-state index is -0.500. The van der Waals surface area contributed by atoms with Crippen LogP contribution >= 0.6 is 0 Å². The van der Waals surface area contributed by atoms with Gasteiger partial charge in [-0.3, -0.25) is 0 Å². The van der Waals surface area contributed by atoms with Gasteiger partial charge in [0.15, 0.2) is 0 Å². The zero-order valence-corrected chi connectivity index (χ0v) is 21.1. The Morgan fingerprint density at radius 1 is 0.889 bits per heavy atom. The molecular formula is C30H32O6. The molecule has 188 valence electrons. The second-order valence-corrected chi connectivity index (χ2v) is 8.92. The van der Waals surface area contributed by atoms with Crippen molar-refractivity contribution >= 4 is 22.9 Å². The second kappa shape index (κ2) is 12.2. The molecular weight excluding hydrogens is 456 g/mol. The van der Waals surface area contributed by atoms with Crippen LogP contribution in [0.15, 0.2) is 76.0 Å². The predicted octanol–water partition coefficient (Wildman–Crippen LogP) is 6.34. The molecule has 3 aromatic rings. The van der Waals surface area contributed by atoms with E-state index in [4.69, 9.17) is 13.9 Å². The molecule has 0 fully saturated rings. The van der Waals surface area contributed by atoms with Gasteiger partial charge in [-0.05, 0) is 86.6 Å². The van der Waals surface area contributed by atoms with Crippen molar-refractivity contribution in [3.8, 4) is 16.9 Å². The first-order valence-corrected chi connectivity index (χ1v) is 12.1. The summed E-state index contributed by atoms with van der Waals surface area (Å²) >= 11 is 0. The van der Waals surface area contributed by atoms with Gasteiger partial charge in [-0.2, -0.15) is 0 Å². The molecule has 0 spiro atoms. The van der Waals surface area contributed by atoms with Gasteiger partial charge in [0.05, 0.1) is 12.2 Å². The maximum Gasteiger partial charge on any atom is 0.344 e. The van der Waals surface area contributed by atoms with Crippen LogP contribution in [0, 0.1) is 0 Å². The van der Waals surface area contributed by atoms with Gasteiger partial charge in [0, 0.05) is 16.5 Å². The van der Waals surface area contributed by atoms with E-state index in [1.54, 1.807) is 38.1 Å². The molecule has 0 atom stereocenters. The first-order valence-electron chi connectivity index (χ1n) is 12.1. The fourth-order valence-electron chi connectivity index (χ4n) is 3.79. The molecule has 0 unspecified atom stereocenters. The van der Waals surface area contributed by atoms with Crippen molar-refractivity contribution in [3.05, 3.63) is 88.3 Å². The van der Waals surface area contributed by atoms with E-state index < -0.39 is 11.6 Å². The molecule has 0 saturated heterocycles. The maximum atomic E-state index is 12.8. The number of esters is 2. The largest absolute Gasteiger partial charge is 0.462 e. The van der Waals surface area contributed by atoms with Crippen molar-refractivity contribution in [1.82, 2.24) is 0 Å². The summed E-state index contributed by atoms with van der Waals surface area (Å²) in [5.74, 6) is -0.492. The van der Waals surface area contributed by atoms with Crippen molar-refractivity contribution in [1.29, 1.82) is 0 Å². The van der Waals surface area contributed by atoms with Crippen molar-refractivity contribution in [2.45, 2.75) is 52.9 Å². The van der Waals surface area contributed by atoms with Gasteiger partial charge in [0.1, 0.15) is 11.3 Å². The van der Waals surface area contributed by atoms with Gasteiger partial charge >= 0.3 is 17.6 Å². The van der Waals surface area contributed by atoms with E-state index in [1.165, 1.54) is 5.56 Å². The molecule has 0 aliphatic carbocycles. The molecule has 0 saturated carbocycles. The average Bonchev–Trinajstić information content (AvgIpc) is 2.84. The Kier molecular flexibility index (Phi) is 9.01. The lowest BCUT2D eigenvalue weighted by molar-refractivity contribution is -0.139. The van der Waals surface area contributed by atoms with Gasteiger partial charge in [-0.25, -0.2) is 14.4 Å². The van der Waals surface area contributed by atoms with Gasteiger partial charge < -0.3 is 13.9 Å². The Bertz CT molecular complexity index is 1340.